The summed E-state index contributed by atoms with van der Waals surface area (Å²) >= 11 is 12.3. The lowest BCUT2D eigenvalue weighted by atomic mass is 10.0. The number of hydrogen-bond donors (Lipinski definition) is 1. The average Bonchev–Trinajstić information content (AvgIpc) is 2.82. The molecule has 1 amide bonds. The molecule has 0 aliphatic carbocycles. The van der Waals surface area contributed by atoms with Gasteiger partial charge in [-0.1, -0.05) is 41.4 Å². The van der Waals surface area contributed by atoms with Crippen molar-refractivity contribution in [1.82, 2.24) is 4.90 Å². The molecule has 0 spiro atoms. The molecule has 3 rings (SSSR count). The van der Waals surface area contributed by atoms with Crippen molar-refractivity contribution in [1.29, 1.82) is 0 Å². The van der Waals surface area contributed by atoms with E-state index in [1.54, 1.807) is 18.2 Å². The van der Waals surface area contributed by atoms with Crippen LogP contribution in [0.3, 0.4) is 0 Å². The fraction of sp³-hybridized carbons (Fsp3) is 0.235. The lowest BCUT2D eigenvalue weighted by Gasteiger charge is -2.22. The topological polar surface area (TPSA) is 46.3 Å². The second kappa shape index (κ2) is 5.82. The van der Waals surface area contributed by atoms with Crippen LogP contribution in [0, 0.1) is 0 Å². The zero-order valence-electron chi connectivity index (χ0n) is 12.1. The first-order chi connectivity index (χ1) is 10.5. The highest BCUT2D eigenvalue weighted by Crippen LogP contribution is 2.37. The second-order valence-electron chi connectivity index (χ2n) is 5.49. The van der Waals surface area contributed by atoms with Gasteiger partial charge in [0.05, 0.1) is 12.5 Å². The van der Waals surface area contributed by atoms with Crippen molar-refractivity contribution in [2.75, 3.05) is 5.73 Å². The number of rotatable bonds is 2. The molecule has 114 valence electrons. The number of amides is 1. The van der Waals surface area contributed by atoms with E-state index in [-0.39, 0.29) is 18.4 Å². The van der Waals surface area contributed by atoms with Crippen molar-refractivity contribution in [3.05, 3.63) is 63.1 Å². The molecule has 0 fully saturated rings. The largest absolute Gasteiger partial charge is 0.398 e. The lowest BCUT2D eigenvalue weighted by molar-refractivity contribution is -0.132. The quantitative estimate of drug-likeness (QED) is 0.835. The molecule has 1 aliphatic rings. The van der Waals surface area contributed by atoms with Gasteiger partial charge in [-0.2, -0.15) is 0 Å². The number of carbonyl (C=O) groups is 1. The Morgan fingerprint density at radius 3 is 2.50 bits per heavy atom. The summed E-state index contributed by atoms with van der Waals surface area (Å²) in [6.45, 7) is 2.54. The maximum atomic E-state index is 12.7. The van der Waals surface area contributed by atoms with E-state index in [9.17, 15) is 4.79 Å². The Balaban J connectivity index is 1.85. The predicted molar refractivity (Wildman–Crippen MR) is 90.0 cm³/mol. The molecule has 3 nitrogen and oxygen atoms in total. The van der Waals surface area contributed by atoms with Crippen molar-refractivity contribution in [3.8, 4) is 0 Å². The number of hydrogen-bond acceptors (Lipinski definition) is 2. The van der Waals surface area contributed by atoms with E-state index in [2.05, 4.69) is 0 Å². The molecule has 22 heavy (non-hydrogen) atoms. The predicted octanol–water partition coefficient (Wildman–Crippen LogP) is 4.22. The van der Waals surface area contributed by atoms with E-state index in [0.717, 1.165) is 16.8 Å². The molecule has 0 unspecified atom stereocenters. The molecule has 0 aromatic heterocycles. The van der Waals surface area contributed by atoms with Crippen LogP contribution in [0.5, 0.6) is 0 Å². The summed E-state index contributed by atoms with van der Waals surface area (Å²) in [6, 6.07) is 11.1. The molecule has 0 saturated carbocycles. The summed E-state index contributed by atoms with van der Waals surface area (Å²) in [6.07, 6.45) is 0.191. The summed E-state index contributed by atoms with van der Waals surface area (Å²) in [7, 11) is 0. The fourth-order valence-electron chi connectivity index (χ4n) is 2.93. The third-order valence-electron chi connectivity index (χ3n) is 4.20. The van der Waals surface area contributed by atoms with Gasteiger partial charge >= 0.3 is 0 Å². The number of fused-ring (bicyclic) bond motifs is 1. The SMILES string of the molecule is C[C@H]1c2cccc(N)c2CN1C(=O)Cc1c(Cl)cccc1Cl. The Kier molecular flexibility index (Phi) is 4.02. The third-order valence-corrected chi connectivity index (χ3v) is 4.91. The van der Waals surface area contributed by atoms with Crippen molar-refractivity contribution in [2.45, 2.75) is 25.9 Å². The monoisotopic (exact) mass is 334 g/mol. The van der Waals surface area contributed by atoms with Crippen molar-refractivity contribution in [2.24, 2.45) is 0 Å². The van der Waals surface area contributed by atoms with E-state index in [1.165, 1.54) is 0 Å². The molecule has 0 radical (unpaired) electrons. The molecule has 1 atom stereocenters. The molecule has 1 heterocycles. The van der Waals surface area contributed by atoms with Gasteiger partial charge in [-0.15, -0.1) is 0 Å². The van der Waals surface area contributed by atoms with Gasteiger partial charge in [-0.3, -0.25) is 4.79 Å². The zero-order chi connectivity index (χ0) is 15.9. The van der Waals surface area contributed by atoms with Crippen LogP contribution in [0.4, 0.5) is 5.69 Å². The smallest absolute Gasteiger partial charge is 0.227 e. The summed E-state index contributed by atoms with van der Waals surface area (Å²) in [5.41, 5.74) is 9.57. The summed E-state index contributed by atoms with van der Waals surface area (Å²) in [5.74, 6) is -0.00176. The van der Waals surface area contributed by atoms with Crippen LogP contribution >= 0.6 is 23.2 Å². The van der Waals surface area contributed by atoms with Gasteiger partial charge in [-0.25, -0.2) is 0 Å². The van der Waals surface area contributed by atoms with Crippen LogP contribution in [0.1, 0.15) is 29.7 Å². The Bertz CT molecular complexity index is 725. The molecule has 2 aromatic carbocycles. The zero-order valence-corrected chi connectivity index (χ0v) is 13.7. The fourth-order valence-corrected chi connectivity index (χ4v) is 3.46. The van der Waals surface area contributed by atoms with E-state index in [1.807, 2.05) is 30.0 Å². The number of halogens is 2. The van der Waals surface area contributed by atoms with E-state index in [4.69, 9.17) is 28.9 Å². The number of nitrogens with two attached hydrogens (primary N) is 1. The minimum absolute atomic E-state index is 0.00176. The Hall–Kier alpha value is -1.71. The molecular weight excluding hydrogens is 319 g/mol. The normalized spacial score (nSPS) is 16.7. The minimum atomic E-state index is -0.00176. The van der Waals surface area contributed by atoms with Gasteiger partial charge in [0.2, 0.25) is 5.91 Å². The first-order valence-electron chi connectivity index (χ1n) is 7.08. The summed E-state index contributed by atoms with van der Waals surface area (Å²) in [4.78, 5) is 14.5. The minimum Gasteiger partial charge on any atom is -0.398 e. The van der Waals surface area contributed by atoms with Gasteiger partial charge < -0.3 is 10.6 Å². The van der Waals surface area contributed by atoms with Crippen LogP contribution in [0.15, 0.2) is 36.4 Å². The first kappa shape index (κ1) is 15.2. The molecule has 2 N–H and O–H groups in total. The average molecular weight is 335 g/mol. The lowest BCUT2D eigenvalue weighted by Crippen LogP contribution is -2.29. The van der Waals surface area contributed by atoms with Gasteiger partial charge in [0.25, 0.3) is 0 Å². The Labute approximate surface area is 139 Å². The number of benzene rings is 2. The van der Waals surface area contributed by atoms with Gasteiger partial charge in [-0.05, 0) is 41.8 Å². The number of anilines is 1. The summed E-state index contributed by atoms with van der Waals surface area (Å²) < 4.78 is 0. The van der Waals surface area contributed by atoms with Gasteiger partial charge in [0.1, 0.15) is 0 Å². The maximum Gasteiger partial charge on any atom is 0.227 e. The van der Waals surface area contributed by atoms with E-state index < -0.39 is 0 Å². The highest BCUT2D eigenvalue weighted by Gasteiger charge is 2.31. The highest BCUT2D eigenvalue weighted by atomic mass is 35.5. The maximum absolute atomic E-state index is 12.7. The summed E-state index contributed by atoms with van der Waals surface area (Å²) in [5, 5.41) is 1.04. The highest BCUT2D eigenvalue weighted by molar-refractivity contribution is 6.36. The number of nitrogen functional groups attached to an aromatic ring is 1. The van der Waals surface area contributed by atoms with Gasteiger partial charge in [0.15, 0.2) is 0 Å². The van der Waals surface area contributed by atoms with Crippen LogP contribution in [-0.4, -0.2) is 10.8 Å². The second-order valence-corrected chi connectivity index (χ2v) is 6.30. The third kappa shape index (κ3) is 2.55. The van der Waals surface area contributed by atoms with E-state index in [0.29, 0.717) is 22.2 Å². The standard InChI is InChI=1S/C17H16Cl2N2O/c1-10-11-4-2-7-16(20)13(11)9-21(10)17(22)8-12-14(18)5-3-6-15(12)19/h2-7,10H,8-9,20H2,1H3/t10-/m0/s1. The first-order valence-corrected chi connectivity index (χ1v) is 7.84. The molecule has 0 saturated heterocycles. The Morgan fingerprint density at radius 2 is 1.86 bits per heavy atom. The van der Waals surface area contributed by atoms with Crippen molar-refractivity contribution in [3.63, 3.8) is 0 Å². The van der Waals surface area contributed by atoms with Gasteiger partial charge in [0, 0.05) is 22.3 Å². The molecule has 2 aromatic rings. The molecular formula is C17H16Cl2N2O. The molecule has 1 aliphatic heterocycles. The number of nitrogens with zero attached hydrogens (tertiary/aromatic N) is 1. The number of carbonyl (C=O) groups excluding carboxylic acids is 1. The Morgan fingerprint density at radius 1 is 1.23 bits per heavy atom. The van der Waals surface area contributed by atoms with Crippen LogP contribution in [-0.2, 0) is 17.8 Å². The van der Waals surface area contributed by atoms with Crippen LogP contribution < -0.4 is 5.73 Å². The molecule has 0 bridgehead atoms. The van der Waals surface area contributed by atoms with E-state index >= 15 is 0 Å². The van der Waals surface area contributed by atoms with Crippen LogP contribution in [0.2, 0.25) is 10.0 Å². The van der Waals surface area contributed by atoms with Crippen molar-refractivity contribution < 1.29 is 4.79 Å². The van der Waals surface area contributed by atoms with Crippen LogP contribution in [0.25, 0.3) is 0 Å². The molecule has 5 heteroatoms. The van der Waals surface area contributed by atoms with Crippen molar-refractivity contribution >= 4 is 34.8 Å².